The summed E-state index contributed by atoms with van der Waals surface area (Å²) < 4.78 is 10.9. The van der Waals surface area contributed by atoms with Crippen LogP contribution in [0, 0.1) is 0 Å². The molecule has 1 aliphatic heterocycles. The Bertz CT molecular complexity index is 574. The summed E-state index contributed by atoms with van der Waals surface area (Å²) in [7, 11) is 1.94. The maximum absolute atomic E-state index is 5.73. The molecule has 0 unspecified atom stereocenters. The first-order valence-electron chi connectivity index (χ1n) is 5.61. The van der Waals surface area contributed by atoms with E-state index in [1.165, 1.54) is 0 Å². The predicted molar refractivity (Wildman–Crippen MR) is 65.3 cm³/mol. The van der Waals surface area contributed by atoms with Gasteiger partial charge in [0.15, 0.2) is 5.58 Å². The molecule has 2 heterocycles. The van der Waals surface area contributed by atoms with Crippen molar-refractivity contribution < 1.29 is 9.26 Å². The van der Waals surface area contributed by atoms with E-state index in [1.807, 2.05) is 19.2 Å². The zero-order chi connectivity index (χ0) is 11.7. The van der Waals surface area contributed by atoms with Crippen LogP contribution in [-0.2, 0) is 6.42 Å². The van der Waals surface area contributed by atoms with Gasteiger partial charge in [0.1, 0.15) is 17.7 Å². The Morgan fingerprint density at radius 1 is 1.41 bits per heavy atom. The zero-order valence-corrected chi connectivity index (χ0v) is 9.56. The molecular weight excluding hydrogens is 218 g/mol. The van der Waals surface area contributed by atoms with Gasteiger partial charge in [0.2, 0.25) is 5.82 Å². The lowest BCUT2D eigenvalue weighted by Gasteiger charge is -2.09. The van der Waals surface area contributed by atoms with Crippen LogP contribution in [0.3, 0.4) is 0 Å². The maximum atomic E-state index is 5.73. The number of ether oxygens (including phenoxy) is 1. The van der Waals surface area contributed by atoms with Crippen molar-refractivity contribution in [1.82, 2.24) is 10.5 Å². The molecule has 88 valence electrons. The molecule has 0 saturated carbocycles. The van der Waals surface area contributed by atoms with E-state index in [4.69, 9.17) is 9.26 Å². The highest BCUT2D eigenvalue weighted by molar-refractivity contribution is 5.95. The van der Waals surface area contributed by atoms with Gasteiger partial charge in [-0.15, -0.1) is 0 Å². The Labute approximate surface area is 98.5 Å². The molecule has 0 fully saturated rings. The van der Waals surface area contributed by atoms with Crippen molar-refractivity contribution in [3.8, 4) is 5.75 Å². The van der Waals surface area contributed by atoms with Crippen molar-refractivity contribution in [3.05, 3.63) is 17.7 Å². The van der Waals surface area contributed by atoms with Gasteiger partial charge in [0.05, 0.1) is 0 Å². The highest BCUT2D eigenvalue weighted by Crippen LogP contribution is 2.37. The van der Waals surface area contributed by atoms with Crippen LogP contribution in [0.5, 0.6) is 5.75 Å². The summed E-state index contributed by atoms with van der Waals surface area (Å²) in [5.41, 5.74) is 1.88. The molecule has 0 amide bonds. The molecule has 5 heteroatoms. The molecule has 1 N–H and O–H groups in total. The van der Waals surface area contributed by atoms with Crippen LogP contribution in [0.25, 0.3) is 11.0 Å². The number of aliphatic imine (C=N–C) groups is 1. The lowest BCUT2D eigenvalue weighted by molar-refractivity contribution is 0.381. The molecule has 1 aliphatic rings. The van der Waals surface area contributed by atoms with E-state index in [0.29, 0.717) is 12.4 Å². The highest BCUT2D eigenvalue weighted by atomic mass is 16.5. The van der Waals surface area contributed by atoms with E-state index in [0.717, 1.165) is 35.2 Å². The Hall–Kier alpha value is -1.88. The first-order valence-corrected chi connectivity index (χ1v) is 5.61. The Morgan fingerprint density at radius 2 is 2.35 bits per heavy atom. The first kappa shape index (κ1) is 10.3. The molecule has 0 atom stereocenters. The second kappa shape index (κ2) is 4.18. The lowest BCUT2D eigenvalue weighted by Crippen LogP contribution is -2.11. The second-order valence-corrected chi connectivity index (χ2v) is 3.91. The fraction of sp³-hybridized carbons (Fsp3) is 0.333. The van der Waals surface area contributed by atoms with Gasteiger partial charge in [-0.1, -0.05) is 11.2 Å². The average Bonchev–Trinajstić information content (AvgIpc) is 2.63. The van der Waals surface area contributed by atoms with Gasteiger partial charge in [-0.3, -0.25) is 0 Å². The topological polar surface area (TPSA) is 59.7 Å². The number of hydrogen-bond donors (Lipinski definition) is 1. The van der Waals surface area contributed by atoms with Gasteiger partial charge in [0.25, 0.3) is 0 Å². The Kier molecular flexibility index (Phi) is 2.53. The van der Waals surface area contributed by atoms with Crippen LogP contribution in [0.15, 0.2) is 21.6 Å². The van der Waals surface area contributed by atoms with Crippen LogP contribution in [0.4, 0.5) is 5.82 Å². The van der Waals surface area contributed by atoms with Crippen LogP contribution in [-0.4, -0.2) is 31.6 Å². The molecule has 3 rings (SSSR count). The van der Waals surface area contributed by atoms with Gasteiger partial charge < -0.3 is 14.6 Å². The number of benzene rings is 1. The minimum atomic E-state index is 0.474. The van der Waals surface area contributed by atoms with Crippen molar-refractivity contribution in [2.75, 3.05) is 20.2 Å². The van der Waals surface area contributed by atoms with Gasteiger partial charge >= 0.3 is 0 Å². The third kappa shape index (κ3) is 1.68. The number of nitrogens with one attached hydrogen (secondary N) is 1. The van der Waals surface area contributed by atoms with Crippen molar-refractivity contribution in [3.63, 3.8) is 0 Å². The number of likely N-dealkylation sites (N-methyl/N-ethyl adjacent to an activating group) is 1. The smallest absolute Gasteiger partial charge is 0.206 e. The van der Waals surface area contributed by atoms with E-state index in [1.54, 1.807) is 6.21 Å². The monoisotopic (exact) mass is 231 g/mol. The molecular formula is C12H13N3O2. The summed E-state index contributed by atoms with van der Waals surface area (Å²) in [5, 5.41) is 7.95. The Morgan fingerprint density at radius 3 is 3.24 bits per heavy atom. The van der Waals surface area contributed by atoms with Crippen LogP contribution >= 0.6 is 0 Å². The lowest BCUT2D eigenvalue weighted by atomic mass is 10.1. The van der Waals surface area contributed by atoms with Crippen molar-refractivity contribution in [2.45, 2.75) is 6.42 Å². The zero-order valence-electron chi connectivity index (χ0n) is 9.56. The first-order chi connectivity index (χ1) is 8.40. The minimum absolute atomic E-state index is 0.474. The van der Waals surface area contributed by atoms with E-state index < -0.39 is 0 Å². The van der Waals surface area contributed by atoms with Crippen molar-refractivity contribution >= 4 is 23.0 Å². The van der Waals surface area contributed by atoms with E-state index >= 15 is 0 Å². The van der Waals surface area contributed by atoms with Gasteiger partial charge in [-0.25, -0.2) is 4.99 Å². The fourth-order valence-electron chi connectivity index (χ4n) is 1.99. The third-order valence-electron chi connectivity index (χ3n) is 2.82. The normalized spacial score (nSPS) is 13.7. The van der Waals surface area contributed by atoms with Gasteiger partial charge in [0, 0.05) is 6.21 Å². The molecule has 0 aliphatic carbocycles. The van der Waals surface area contributed by atoms with Crippen LogP contribution in [0.2, 0.25) is 0 Å². The van der Waals surface area contributed by atoms with Gasteiger partial charge in [-0.05, 0) is 31.6 Å². The van der Waals surface area contributed by atoms with Crippen molar-refractivity contribution in [1.29, 1.82) is 0 Å². The van der Waals surface area contributed by atoms with E-state index in [9.17, 15) is 0 Å². The number of hydrogen-bond acceptors (Lipinski definition) is 5. The Balaban J connectivity index is 2.16. The summed E-state index contributed by atoms with van der Waals surface area (Å²) in [4.78, 5) is 4.22. The molecule has 0 bridgehead atoms. The quantitative estimate of drug-likeness (QED) is 0.873. The van der Waals surface area contributed by atoms with E-state index in [2.05, 4.69) is 15.5 Å². The summed E-state index contributed by atoms with van der Waals surface area (Å²) in [6.07, 6.45) is 2.62. The molecule has 17 heavy (non-hydrogen) atoms. The van der Waals surface area contributed by atoms with Gasteiger partial charge in [-0.2, -0.15) is 0 Å². The molecule has 1 aromatic carbocycles. The van der Waals surface area contributed by atoms with Crippen molar-refractivity contribution in [2.24, 2.45) is 4.99 Å². The summed E-state index contributed by atoms with van der Waals surface area (Å²) in [5.74, 6) is 1.46. The second-order valence-electron chi connectivity index (χ2n) is 3.91. The van der Waals surface area contributed by atoms with Crippen LogP contribution in [0.1, 0.15) is 5.56 Å². The number of rotatable bonds is 3. The standard InChI is InChI=1S/C12H13N3O2/c1-13-5-4-8-2-3-9-10-11(8)16-7-6-14-12(10)15-17-9/h2-3,6,13H,4-5,7H2,1H3. The largest absolute Gasteiger partial charge is 0.487 e. The SMILES string of the molecule is CNCCc1ccc2onc3c2c1OCC=N3. The van der Waals surface area contributed by atoms with E-state index in [-0.39, 0.29) is 0 Å². The molecule has 0 radical (unpaired) electrons. The fourth-order valence-corrected chi connectivity index (χ4v) is 1.99. The maximum Gasteiger partial charge on any atom is 0.206 e. The minimum Gasteiger partial charge on any atom is -0.487 e. The molecule has 1 aromatic heterocycles. The highest BCUT2D eigenvalue weighted by Gasteiger charge is 2.18. The third-order valence-corrected chi connectivity index (χ3v) is 2.82. The summed E-state index contributed by atoms with van der Waals surface area (Å²) >= 11 is 0. The number of aromatic nitrogens is 1. The predicted octanol–water partition coefficient (Wildman–Crippen LogP) is 1.68. The molecule has 0 saturated heterocycles. The molecule has 2 aromatic rings. The average molecular weight is 231 g/mol. The molecule has 5 nitrogen and oxygen atoms in total. The summed E-state index contributed by atoms with van der Waals surface area (Å²) in [6, 6.07) is 3.94. The molecule has 0 spiro atoms. The number of nitrogens with zero attached hydrogens (tertiary/aromatic N) is 2. The summed E-state index contributed by atoms with van der Waals surface area (Å²) in [6.45, 7) is 1.38. The van der Waals surface area contributed by atoms with Crippen LogP contribution < -0.4 is 10.1 Å².